The topological polar surface area (TPSA) is 85.7 Å². The SMILES string of the molecule is CC(C)(C)OC(=O)N1Cc2c(cn(S(=O)(=O)c3cccc(Cl)c3)c2-c2ccccc2F)C1=O. The monoisotopic (exact) mass is 490 g/mol. The molecule has 2 aromatic carbocycles. The van der Waals surface area contributed by atoms with Gasteiger partial charge in [-0.1, -0.05) is 29.8 Å². The molecule has 2 amide bonds. The van der Waals surface area contributed by atoms with Crippen LogP contribution in [0.5, 0.6) is 0 Å². The normalized spacial score (nSPS) is 13.8. The molecule has 0 aliphatic carbocycles. The average Bonchev–Trinajstić information content (AvgIpc) is 3.25. The molecule has 0 saturated heterocycles. The molecule has 1 aromatic heterocycles. The van der Waals surface area contributed by atoms with Crippen LogP contribution in [-0.2, 0) is 21.3 Å². The summed E-state index contributed by atoms with van der Waals surface area (Å²) in [5.41, 5.74) is -0.717. The molecule has 0 radical (unpaired) electrons. The highest BCUT2D eigenvalue weighted by Gasteiger charge is 2.41. The van der Waals surface area contributed by atoms with Crippen molar-refractivity contribution in [3.8, 4) is 11.3 Å². The number of rotatable bonds is 3. The standard InChI is InChI=1S/C23H20ClFN2O5S/c1-23(2,3)32-22(29)26-12-17-18(21(26)28)13-27(20(17)16-9-4-5-10-19(16)25)33(30,31)15-8-6-7-14(24)11-15/h4-11,13H,12H2,1-3H3. The maximum atomic E-state index is 14.8. The zero-order chi connectivity index (χ0) is 24.1. The number of carbonyl (C=O) groups is 2. The lowest BCUT2D eigenvalue weighted by Crippen LogP contribution is -2.37. The Morgan fingerprint density at radius 1 is 1.09 bits per heavy atom. The Kier molecular flexibility index (Phi) is 5.58. The van der Waals surface area contributed by atoms with Gasteiger partial charge >= 0.3 is 6.09 Å². The van der Waals surface area contributed by atoms with Crippen molar-refractivity contribution in [1.82, 2.24) is 8.87 Å². The first-order valence-electron chi connectivity index (χ1n) is 9.95. The molecule has 0 atom stereocenters. The van der Waals surface area contributed by atoms with E-state index < -0.39 is 33.4 Å². The van der Waals surface area contributed by atoms with E-state index in [1.165, 1.54) is 42.5 Å². The van der Waals surface area contributed by atoms with Crippen LogP contribution in [0.2, 0.25) is 5.02 Å². The number of nitrogens with zero attached hydrogens (tertiary/aromatic N) is 2. The van der Waals surface area contributed by atoms with Gasteiger partial charge in [0, 0.05) is 22.3 Å². The molecule has 172 valence electrons. The molecule has 0 N–H and O–H groups in total. The summed E-state index contributed by atoms with van der Waals surface area (Å²) in [5.74, 6) is -1.40. The lowest BCUT2D eigenvalue weighted by Gasteiger charge is -2.23. The van der Waals surface area contributed by atoms with Crippen LogP contribution in [0.3, 0.4) is 0 Å². The van der Waals surface area contributed by atoms with Gasteiger partial charge < -0.3 is 4.74 Å². The molecular formula is C23H20ClFN2O5S. The molecule has 4 rings (SSSR count). The van der Waals surface area contributed by atoms with E-state index in [2.05, 4.69) is 0 Å². The van der Waals surface area contributed by atoms with Crippen molar-refractivity contribution < 1.29 is 27.1 Å². The number of hydrogen-bond donors (Lipinski definition) is 0. The number of carbonyl (C=O) groups excluding carboxylic acids is 2. The van der Waals surface area contributed by atoms with E-state index in [0.29, 0.717) is 0 Å². The van der Waals surface area contributed by atoms with Gasteiger partial charge in [-0.15, -0.1) is 0 Å². The van der Waals surface area contributed by atoms with Gasteiger partial charge in [0.05, 0.1) is 22.7 Å². The summed E-state index contributed by atoms with van der Waals surface area (Å²) in [6.07, 6.45) is 0.243. The molecule has 10 heteroatoms. The van der Waals surface area contributed by atoms with Crippen LogP contribution >= 0.6 is 11.6 Å². The van der Waals surface area contributed by atoms with Crippen molar-refractivity contribution in [1.29, 1.82) is 0 Å². The Bertz CT molecular complexity index is 1390. The molecule has 0 unspecified atom stereocenters. The fourth-order valence-electron chi connectivity index (χ4n) is 3.57. The van der Waals surface area contributed by atoms with Crippen molar-refractivity contribution in [3.63, 3.8) is 0 Å². The van der Waals surface area contributed by atoms with Crippen molar-refractivity contribution in [2.45, 2.75) is 37.8 Å². The number of benzene rings is 2. The Morgan fingerprint density at radius 2 is 1.79 bits per heavy atom. The van der Waals surface area contributed by atoms with Gasteiger partial charge in [0.25, 0.3) is 15.9 Å². The zero-order valence-corrected chi connectivity index (χ0v) is 19.6. The molecule has 0 saturated carbocycles. The van der Waals surface area contributed by atoms with Crippen molar-refractivity contribution in [3.05, 3.63) is 76.7 Å². The Morgan fingerprint density at radius 3 is 2.42 bits per heavy atom. The predicted molar refractivity (Wildman–Crippen MR) is 120 cm³/mol. The Labute approximate surface area is 195 Å². The fraction of sp³-hybridized carbons (Fsp3) is 0.217. The Hall–Kier alpha value is -3.17. The van der Waals surface area contributed by atoms with Crippen LogP contribution in [0.25, 0.3) is 11.3 Å². The molecule has 33 heavy (non-hydrogen) atoms. The highest BCUT2D eigenvalue weighted by molar-refractivity contribution is 7.90. The van der Waals surface area contributed by atoms with Gasteiger partial charge in [-0.3, -0.25) is 4.79 Å². The second-order valence-corrected chi connectivity index (χ2v) is 10.7. The molecule has 0 bridgehead atoms. The first-order valence-corrected chi connectivity index (χ1v) is 11.8. The highest BCUT2D eigenvalue weighted by atomic mass is 35.5. The largest absolute Gasteiger partial charge is 0.443 e. The molecule has 3 aromatic rings. The summed E-state index contributed by atoms with van der Waals surface area (Å²) in [7, 11) is -4.25. The van der Waals surface area contributed by atoms with Gasteiger partial charge in [0.1, 0.15) is 11.4 Å². The van der Waals surface area contributed by atoms with Crippen molar-refractivity contribution >= 4 is 33.6 Å². The highest BCUT2D eigenvalue weighted by Crippen LogP contribution is 2.38. The van der Waals surface area contributed by atoms with Gasteiger partial charge in [-0.05, 0) is 51.1 Å². The number of hydrogen-bond acceptors (Lipinski definition) is 5. The number of fused-ring (bicyclic) bond motifs is 1. The average molecular weight is 491 g/mol. The lowest BCUT2D eigenvalue weighted by atomic mass is 10.1. The number of amides is 2. The first kappa shape index (κ1) is 23.0. The summed E-state index contributed by atoms with van der Waals surface area (Å²) in [5, 5.41) is 0.204. The van der Waals surface area contributed by atoms with E-state index in [0.717, 1.165) is 15.1 Å². The summed E-state index contributed by atoms with van der Waals surface area (Å²) in [4.78, 5) is 26.3. The third-order valence-corrected chi connectivity index (χ3v) is 6.86. The van der Waals surface area contributed by atoms with Crippen LogP contribution in [0, 0.1) is 5.82 Å². The molecule has 2 heterocycles. The number of ether oxygens (including phenoxy) is 1. The molecule has 0 spiro atoms. The van der Waals surface area contributed by atoms with Gasteiger partial charge in [-0.25, -0.2) is 26.5 Å². The maximum absolute atomic E-state index is 14.8. The quantitative estimate of drug-likeness (QED) is 0.511. The van der Waals surface area contributed by atoms with E-state index in [4.69, 9.17) is 16.3 Å². The second-order valence-electron chi connectivity index (χ2n) is 8.48. The van der Waals surface area contributed by atoms with Crippen LogP contribution < -0.4 is 0 Å². The predicted octanol–water partition coefficient (Wildman–Crippen LogP) is 5.08. The molecule has 1 aliphatic heterocycles. The van der Waals surface area contributed by atoms with E-state index >= 15 is 0 Å². The summed E-state index contributed by atoms with van der Waals surface area (Å²) in [6.45, 7) is 4.73. The van der Waals surface area contributed by atoms with Gasteiger partial charge in [-0.2, -0.15) is 0 Å². The lowest BCUT2D eigenvalue weighted by molar-refractivity contribution is 0.0247. The molecule has 0 fully saturated rings. The maximum Gasteiger partial charge on any atom is 0.417 e. The zero-order valence-electron chi connectivity index (χ0n) is 18.0. The first-order chi connectivity index (χ1) is 15.4. The van der Waals surface area contributed by atoms with Crippen molar-refractivity contribution in [2.75, 3.05) is 0 Å². The van der Waals surface area contributed by atoms with E-state index in [1.807, 2.05) is 0 Å². The summed E-state index contributed by atoms with van der Waals surface area (Å²) < 4.78 is 47.9. The number of halogens is 2. The minimum atomic E-state index is -4.25. The number of imide groups is 1. The molecular weight excluding hydrogens is 471 g/mol. The van der Waals surface area contributed by atoms with E-state index in [1.54, 1.807) is 26.8 Å². The minimum absolute atomic E-state index is 0.0234. The van der Waals surface area contributed by atoms with Gasteiger partial charge in [0.2, 0.25) is 0 Å². The molecule has 7 nitrogen and oxygen atoms in total. The van der Waals surface area contributed by atoms with E-state index in [9.17, 15) is 22.4 Å². The fourth-order valence-corrected chi connectivity index (χ4v) is 5.27. The van der Waals surface area contributed by atoms with Crippen LogP contribution in [0.1, 0.15) is 36.7 Å². The third-order valence-electron chi connectivity index (χ3n) is 4.97. The Balaban J connectivity index is 1.90. The third kappa shape index (κ3) is 4.14. The second kappa shape index (κ2) is 8.00. The smallest absolute Gasteiger partial charge is 0.417 e. The van der Waals surface area contributed by atoms with Gasteiger partial charge in [0.15, 0.2) is 0 Å². The van der Waals surface area contributed by atoms with Crippen LogP contribution in [0.15, 0.2) is 59.6 Å². The van der Waals surface area contributed by atoms with Crippen molar-refractivity contribution in [2.24, 2.45) is 0 Å². The summed E-state index contributed by atoms with van der Waals surface area (Å²) >= 11 is 5.98. The summed E-state index contributed by atoms with van der Waals surface area (Å²) in [6, 6.07) is 11.2. The van der Waals surface area contributed by atoms with Crippen LogP contribution in [-0.4, -0.2) is 34.9 Å². The molecule has 1 aliphatic rings. The number of aromatic nitrogens is 1. The minimum Gasteiger partial charge on any atom is -0.443 e. The van der Waals surface area contributed by atoms with E-state index in [-0.39, 0.29) is 38.8 Å². The van der Waals surface area contributed by atoms with Crippen LogP contribution in [0.4, 0.5) is 9.18 Å².